The van der Waals surface area contributed by atoms with Crippen molar-refractivity contribution in [1.82, 2.24) is 9.97 Å². The van der Waals surface area contributed by atoms with Crippen LogP contribution in [-0.4, -0.2) is 40.4 Å². The van der Waals surface area contributed by atoms with E-state index in [1.54, 1.807) is 18.5 Å². The van der Waals surface area contributed by atoms with Gasteiger partial charge >= 0.3 is 5.97 Å². The summed E-state index contributed by atoms with van der Waals surface area (Å²) in [6.45, 7) is 3.35. The Hall–Kier alpha value is -2.83. The molecule has 1 N–H and O–H groups in total. The number of carboxylic acid groups (broad SMARTS) is 1. The standard InChI is InChI=1S/C20H22FN3O3/c1-2-17(19(26)27)13-5-7-24(8-6-13)20-22-10-16(11-23-20)14-3-4-15(12-25)18(21)9-14/h3-4,9-13,17H,2,5-8H2,1H3,(H,26,27). The quantitative estimate of drug-likeness (QED) is 0.784. The van der Waals surface area contributed by atoms with Gasteiger partial charge < -0.3 is 10.0 Å². The molecular weight excluding hydrogens is 349 g/mol. The molecule has 1 aromatic carbocycles. The van der Waals surface area contributed by atoms with Gasteiger partial charge in [-0.25, -0.2) is 14.4 Å². The fourth-order valence-electron chi connectivity index (χ4n) is 3.65. The van der Waals surface area contributed by atoms with Crippen LogP contribution in [0, 0.1) is 17.7 Å². The normalized spacial score (nSPS) is 16.1. The molecule has 27 heavy (non-hydrogen) atoms. The van der Waals surface area contributed by atoms with Gasteiger partial charge in [0.15, 0.2) is 6.29 Å². The largest absolute Gasteiger partial charge is 0.481 e. The summed E-state index contributed by atoms with van der Waals surface area (Å²) in [5.41, 5.74) is 1.29. The molecule has 1 aromatic heterocycles. The lowest BCUT2D eigenvalue weighted by Gasteiger charge is -2.34. The number of aliphatic carboxylic acids is 1. The van der Waals surface area contributed by atoms with Crippen LogP contribution in [-0.2, 0) is 4.79 Å². The minimum atomic E-state index is -0.718. The van der Waals surface area contributed by atoms with E-state index >= 15 is 0 Å². The van der Waals surface area contributed by atoms with Crippen LogP contribution in [0.3, 0.4) is 0 Å². The molecule has 0 amide bonds. The van der Waals surface area contributed by atoms with Gasteiger partial charge in [0.25, 0.3) is 0 Å². The molecule has 0 spiro atoms. The summed E-state index contributed by atoms with van der Waals surface area (Å²) in [6, 6.07) is 4.39. The molecule has 3 rings (SSSR count). The Kier molecular flexibility index (Phi) is 5.78. The summed E-state index contributed by atoms with van der Waals surface area (Å²) in [7, 11) is 0. The highest BCUT2D eigenvalue weighted by molar-refractivity contribution is 5.77. The molecule has 0 aliphatic carbocycles. The second-order valence-electron chi connectivity index (χ2n) is 6.80. The third-order valence-electron chi connectivity index (χ3n) is 5.25. The van der Waals surface area contributed by atoms with Gasteiger partial charge in [0.1, 0.15) is 5.82 Å². The van der Waals surface area contributed by atoms with E-state index < -0.39 is 11.8 Å². The van der Waals surface area contributed by atoms with Crippen molar-refractivity contribution < 1.29 is 19.1 Å². The molecule has 2 aromatic rings. The molecule has 6 nitrogen and oxygen atoms in total. The number of carbonyl (C=O) groups is 2. The minimum Gasteiger partial charge on any atom is -0.481 e. The Morgan fingerprint density at radius 2 is 1.96 bits per heavy atom. The van der Waals surface area contributed by atoms with Crippen LogP contribution >= 0.6 is 0 Å². The SMILES string of the molecule is CCC(C(=O)O)C1CCN(c2ncc(-c3ccc(C=O)c(F)c3)cn2)CC1. The summed E-state index contributed by atoms with van der Waals surface area (Å²) in [5.74, 6) is -0.811. The maximum absolute atomic E-state index is 13.8. The molecule has 1 saturated heterocycles. The number of nitrogens with zero attached hydrogens (tertiary/aromatic N) is 3. The molecule has 7 heteroatoms. The number of aromatic nitrogens is 2. The summed E-state index contributed by atoms with van der Waals surface area (Å²) < 4.78 is 13.8. The molecule has 1 aliphatic heterocycles. The zero-order valence-electron chi connectivity index (χ0n) is 15.1. The monoisotopic (exact) mass is 371 g/mol. The van der Waals surface area contributed by atoms with Gasteiger partial charge in [0.2, 0.25) is 5.95 Å². The van der Waals surface area contributed by atoms with Gasteiger partial charge in [0, 0.05) is 31.0 Å². The van der Waals surface area contributed by atoms with E-state index in [-0.39, 0.29) is 17.4 Å². The van der Waals surface area contributed by atoms with Gasteiger partial charge in [-0.15, -0.1) is 0 Å². The highest BCUT2D eigenvalue weighted by Crippen LogP contribution is 2.29. The molecule has 1 aliphatic rings. The number of halogens is 1. The Balaban J connectivity index is 1.67. The van der Waals surface area contributed by atoms with Crippen LogP contribution in [0.5, 0.6) is 0 Å². The fourth-order valence-corrected chi connectivity index (χ4v) is 3.65. The zero-order valence-corrected chi connectivity index (χ0v) is 15.1. The van der Waals surface area contributed by atoms with Gasteiger partial charge in [-0.05, 0) is 42.9 Å². The maximum atomic E-state index is 13.8. The van der Waals surface area contributed by atoms with Crippen LogP contribution in [0.4, 0.5) is 10.3 Å². The van der Waals surface area contributed by atoms with E-state index in [4.69, 9.17) is 0 Å². The number of hydrogen-bond acceptors (Lipinski definition) is 5. The predicted octanol–water partition coefficient (Wildman–Crippen LogP) is 3.42. The molecule has 1 unspecified atom stereocenters. The van der Waals surface area contributed by atoms with Crippen molar-refractivity contribution in [2.75, 3.05) is 18.0 Å². The lowest BCUT2D eigenvalue weighted by molar-refractivity contribution is -0.144. The number of rotatable bonds is 6. The third kappa shape index (κ3) is 4.13. The Morgan fingerprint density at radius 1 is 1.30 bits per heavy atom. The summed E-state index contributed by atoms with van der Waals surface area (Å²) in [4.78, 5) is 32.9. The average molecular weight is 371 g/mol. The van der Waals surface area contributed by atoms with Crippen molar-refractivity contribution in [2.45, 2.75) is 26.2 Å². The molecule has 1 fully saturated rings. The molecule has 0 radical (unpaired) electrons. The number of piperidine rings is 1. The first-order valence-electron chi connectivity index (χ1n) is 9.08. The minimum absolute atomic E-state index is 0.0194. The number of aldehydes is 1. The molecule has 0 saturated carbocycles. The Labute approximate surface area is 157 Å². The lowest BCUT2D eigenvalue weighted by atomic mass is 9.83. The molecule has 142 valence electrons. The van der Waals surface area contributed by atoms with Crippen molar-refractivity contribution >= 4 is 18.2 Å². The highest BCUT2D eigenvalue weighted by atomic mass is 19.1. The molecule has 0 bridgehead atoms. The van der Waals surface area contributed by atoms with Crippen molar-refractivity contribution in [3.8, 4) is 11.1 Å². The highest BCUT2D eigenvalue weighted by Gasteiger charge is 2.30. The number of carboxylic acids is 1. The van der Waals surface area contributed by atoms with Crippen molar-refractivity contribution in [1.29, 1.82) is 0 Å². The predicted molar refractivity (Wildman–Crippen MR) is 99.2 cm³/mol. The zero-order chi connectivity index (χ0) is 19.4. The van der Waals surface area contributed by atoms with Crippen LogP contribution in [0.15, 0.2) is 30.6 Å². The van der Waals surface area contributed by atoms with E-state index in [1.807, 2.05) is 11.8 Å². The molecule has 2 heterocycles. The van der Waals surface area contributed by atoms with E-state index in [0.29, 0.717) is 29.8 Å². The van der Waals surface area contributed by atoms with E-state index in [0.717, 1.165) is 25.9 Å². The Bertz CT molecular complexity index is 818. The van der Waals surface area contributed by atoms with Crippen molar-refractivity contribution in [3.63, 3.8) is 0 Å². The van der Waals surface area contributed by atoms with Gasteiger partial charge in [-0.3, -0.25) is 9.59 Å². The first kappa shape index (κ1) is 18.9. The van der Waals surface area contributed by atoms with Crippen molar-refractivity contribution in [2.24, 2.45) is 11.8 Å². The van der Waals surface area contributed by atoms with Crippen LogP contribution < -0.4 is 4.90 Å². The molecular formula is C20H22FN3O3. The Morgan fingerprint density at radius 3 is 2.48 bits per heavy atom. The van der Waals surface area contributed by atoms with E-state index in [1.165, 1.54) is 12.1 Å². The van der Waals surface area contributed by atoms with Gasteiger partial charge in [0.05, 0.1) is 11.5 Å². The average Bonchev–Trinajstić information content (AvgIpc) is 2.69. The van der Waals surface area contributed by atoms with Crippen LogP contribution in [0.25, 0.3) is 11.1 Å². The molecule has 1 atom stereocenters. The van der Waals surface area contributed by atoms with Crippen LogP contribution in [0.1, 0.15) is 36.5 Å². The summed E-state index contributed by atoms with van der Waals surface area (Å²) >= 11 is 0. The second kappa shape index (κ2) is 8.24. The summed E-state index contributed by atoms with van der Waals surface area (Å²) in [5, 5.41) is 9.32. The first-order chi connectivity index (χ1) is 13.0. The lowest BCUT2D eigenvalue weighted by Crippen LogP contribution is -2.38. The van der Waals surface area contributed by atoms with Crippen molar-refractivity contribution in [3.05, 3.63) is 42.0 Å². The van der Waals surface area contributed by atoms with E-state index in [9.17, 15) is 19.1 Å². The summed E-state index contributed by atoms with van der Waals surface area (Å²) in [6.07, 6.45) is 5.99. The van der Waals surface area contributed by atoms with E-state index in [2.05, 4.69) is 9.97 Å². The fraction of sp³-hybridized carbons (Fsp3) is 0.400. The number of anilines is 1. The number of benzene rings is 1. The smallest absolute Gasteiger partial charge is 0.306 e. The number of hydrogen-bond donors (Lipinski definition) is 1. The van der Waals surface area contributed by atoms with Crippen LogP contribution in [0.2, 0.25) is 0 Å². The maximum Gasteiger partial charge on any atom is 0.306 e. The third-order valence-corrected chi connectivity index (χ3v) is 5.25. The topological polar surface area (TPSA) is 83.4 Å². The van der Waals surface area contributed by atoms with Gasteiger partial charge in [-0.1, -0.05) is 13.0 Å². The second-order valence-corrected chi connectivity index (χ2v) is 6.80. The first-order valence-corrected chi connectivity index (χ1v) is 9.08. The number of carbonyl (C=O) groups excluding carboxylic acids is 1. The van der Waals surface area contributed by atoms with Gasteiger partial charge in [-0.2, -0.15) is 0 Å².